The molecule has 0 bridgehead atoms. The molecule has 0 atom stereocenters. The molecule has 1 saturated carbocycles. The first kappa shape index (κ1) is 23.7. The Morgan fingerprint density at radius 3 is 2.65 bits per heavy atom. The molecule has 3 aromatic rings. The molecule has 1 amide bonds. The van der Waals surface area contributed by atoms with Crippen LogP contribution < -0.4 is 21.1 Å². The summed E-state index contributed by atoms with van der Waals surface area (Å²) in [7, 11) is 0. The zero-order chi connectivity index (χ0) is 22.9. The molecular formula is C24H25ClFN5O3. The van der Waals surface area contributed by atoms with Gasteiger partial charge in [0.1, 0.15) is 17.1 Å². The minimum Gasteiger partial charge on any atom is -0.507 e. The van der Waals surface area contributed by atoms with Crippen LogP contribution in [0.4, 0.5) is 10.1 Å². The number of nitrogens with zero attached hydrogens (tertiary/aromatic N) is 3. The highest BCUT2D eigenvalue weighted by Gasteiger charge is 2.28. The zero-order valence-corrected chi connectivity index (χ0v) is 19.1. The molecule has 2 aromatic carbocycles. The molecule has 2 fully saturated rings. The normalized spacial score (nSPS) is 16.0. The number of hydrazone groups is 1. The minimum atomic E-state index is -0.686. The molecule has 3 N–H and O–H groups in total. The molecule has 1 saturated heterocycles. The van der Waals surface area contributed by atoms with Crippen LogP contribution in [0.3, 0.4) is 0 Å². The van der Waals surface area contributed by atoms with Crippen LogP contribution in [0.25, 0.3) is 10.9 Å². The fraction of sp³-hybridized carbons (Fsp3) is 0.292. The average Bonchev–Trinajstić information content (AvgIpc) is 3.66. The Labute approximate surface area is 201 Å². The van der Waals surface area contributed by atoms with E-state index < -0.39 is 17.2 Å². The Kier molecular flexibility index (Phi) is 6.85. The van der Waals surface area contributed by atoms with Crippen molar-refractivity contribution in [2.24, 2.45) is 5.10 Å². The van der Waals surface area contributed by atoms with Gasteiger partial charge in [-0.15, -0.1) is 12.4 Å². The third kappa shape index (κ3) is 4.62. The monoisotopic (exact) mass is 485 g/mol. The smallest absolute Gasteiger partial charge is 0.276 e. The number of anilines is 1. The van der Waals surface area contributed by atoms with E-state index in [0.717, 1.165) is 25.9 Å². The maximum Gasteiger partial charge on any atom is 0.276 e. The number of hydrogen-bond donors (Lipinski definition) is 3. The van der Waals surface area contributed by atoms with E-state index in [1.165, 1.54) is 18.3 Å². The van der Waals surface area contributed by atoms with Gasteiger partial charge in [0.15, 0.2) is 0 Å². The molecule has 0 spiro atoms. The van der Waals surface area contributed by atoms with Crippen molar-refractivity contribution in [3.8, 4) is 5.75 Å². The van der Waals surface area contributed by atoms with E-state index in [-0.39, 0.29) is 35.1 Å². The van der Waals surface area contributed by atoms with Crippen molar-refractivity contribution >= 4 is 41.1 Å². The van der Waals surface area contributed by atoms with Crippen LogP contribution in [-0.2, 0) is 0 Å². The average molecular weight is 486 g/mol. The molecule has 0 radical (unpaired) electrons. The number of amides is 1. The molecule has 1 aliphatic carbocycles. The van der Waals surface area contributed by atoms with Gasteiger partial charge in [-0.2, -0.15) is 5.10 Å². The molecular weight excluding hydrogens is 461 g/mol. The number of aromatic nitrogens is 1. The molecule has 0 unspecified atom stereocenters. The maximum atomic E-state index is 15.0. The number of benzene rings is 2. The number of halogens is 2. The van der Waals surface area contributed by atoms with Gasteiger partial charge in [0, 0.05) is 49.4 Å². The number of para-hydroxylation sites is 1. The Hall–Kier alpha value is -3.43. The standard InChI is InChI=1S/C24H24FN5O3.ClH/c25-19-11-17-20(12-21(19)29-9-7-26-8-10-29)30(16-5-6-16)14-18(23(17)32)24(33)28-27-13-15-3-1-2-4-22(15)31;/h1-4,11-14,16,26,31H,5-10H2,(H,28,33);1H/b27-13-;. The summed E-state index contributed by atoms with van der Waals surface area (Å²) in [5.74, 6) is -1.14. The van der Waals surface area contributed by atoms with Crippen LogP contribution >= 0.6 is 12.4 Å². The first-order valence-electron chi connectivity index (χ1n) is 11.0. The summed E-state index contributed by atoms with van der Waals surface area (Å²) in [5, 5.41) is 17.1. The third-order valence-electron chi connectivity index (χ3n) is 6.05. The van der Waals surface area contributed by atoms with Gasteiger partial charge in [0.2, 0.25) is 5.43 Å². The van der Waals surface area contributed by atoms with Gasteiger partial charge in [-0.05, 0) is 37.1 Å². The van der Waals surface area contributed by atoms with Crippen molar-refractivity contribution in [1.29, 1.82) is 0 Å². The van der Waals surface area contributed by atoms with Crippen LogP contribution in [-0.4, -0.2) is 48.0 Å². The van der Waals surface area contributed by atoms with Crippen LogP contribution in [0.5, 0.6) is 5.75 Å². The summed E-state index contributed by atoms with van der Waals surface area (Å²) in [5.41, 5.74) is 3.23. The molecule has 178 valence electrons. The summed E-state index contributed by atoms with van der Waals surface area (Å²) in [6.07, 6.45) is 4.72. The maximum absolute atomic E-state index is 15.0. The van der Waals surface area contributed by atoms with E-state index in [9.17, 15) is 14.7 Å². The second-order valence-corrected chi connectivity index (χ2v) is 8.33. The fourth-order valence-corrected chi connectivity index (χ4v) is 4.14. The molecule has 1 aliphatic heterocycles. The molecule has 34 heavy (non-hydrogen) atoms. The van der Waals surface area contributed by atoms with Crippen LogP contribution in [0.1, 0.15) is 34.8 Å². The van der Waals surface area contributed by atoms with Gasteiger partial charge in [0.25, 0.3) is 5.91 Å². The number of phenols is 1. The van der Waals surface area contributed by atoms with E-state index in [0.29, 0.717) is 29.9 Å². The third-order valence-corrected chi connectivity index (χ3v) is 6.05. The van der Waals surface area contributed by atoms with Crippen molar-refractivity contribution in [2.75, 3.05) is 31.1 Å². The Bertz CT molecular complexity index is 1320. The molecule has 5 rings (SSSR count). The van der Waals surface area contributed by atoms with Gasteiger partial charge in [-0.3, -0.25) is 9.59 Å². The Morgan fingerprint density at radius 2 is 1.94 bits per heavy atom. The topological polar surface area (TPSA) is 99.0 Å². The van der Waals surface area contributed by atoms with E-state index in [1.54, 1.807) is 30.5 Å². The number of piperazine rings is 1. The van der Waals surface area contributed by atoms with Crippen molar-refractivity contribution < 1.29 is 14.3 Å². The molecule has 2 aliphatic rings. The second-order valence-electron chi connectivity index (χ2n) is 8.33. The Balaban J connectivity index is 0.00000274. The SMILES string of the molecule is Cl.O=C(N/N=C\c1ccccc1O)c1cn(C2CC2)c2cc(N3CCNCC3)c(F)cc2c1=O. The lowest BCUT2D eigenvalue weighted by Crippen LogP contribution is -2.43. The van der Waals surface area contributed by atoms with Crippen LogP contribution in [0.2, 0.25) is 0 Å². The van der Waals surface area contributed by atoms with Gasteiger partial charge in [-0.25, -0.2) is 9.82 Å². The molecule has 8 nitrogen and oxygen atoms in total. The lowest BCUT2D eigenvalue weighted by molar-refractivity contribution is 0.0953. The summed E-state index contributed by atoms with van der Waals surface area (Å²) in [4.78, 5) is 27.9. The van der Waals surface area contributed by atoms with Crippen LogP contribution in [0.15, 0.2) is 52.5 Å². The lowest BCUT2D eigenvalue weighted by atomic mass is 10.1. The molecule has 1 aromatic heterocycles. The zero-order valence-electron chi connectivity index (χ0n) is 18.3. The first-order chi connectivity index (χ1) is 16.0. The minimum absolute atomic E-state index is 0. The summed E-state index contributed by atoms with van der Waals surface area (Å²) < 4.78 is 16.9. The van der Waals surface area contributed by atoms with E-state index >= 15 is 4.39 Å². The highest BCUT2D eigenvalue weighted by molar-refractivity contribution is 5.98. The lowest BCUT2D eigenvalue weighted by Gasteiger charge is -2.30. The summed E-state index contributed by atoms with van der Waals surface area (Å²) in [6, 6.07) is 9.69. The number of fused-ring (bicyclic) bond motifs is 1. The summed E-state index contributed by atoms with van der Waals surface area (Å²) in [6.45, 7) is 2.91. The quantitative estimate of drug-likeness (QED) is 0.381. The van der Waals surface area contributed by atoms with Gasteiger partial charge >= 0.3 is 0 Å². The second kappa shape index (κ2) is 9.82. The predicted octanol–water partition coefficient (Wildman–Crippen LogP) is 2.78. The van der Waals surface area contributed by atoms with Gasteiger partial charge in [0.05, 0.1) is 17.4 Å². The van der Waals surface area contributed by atoms with E-state index in [1.807, 2.05) is 9.47 Å². The van der Waals surface area contributed by atoms with Crippen molar-refractivity contribution in [1.82, 2.24) is 15.3 Å². The fourth-order valence-electron chi connectivity index (χ4n) is 4.14. The number of pyridine rings is 1. The molecule has 2 heterocycles. The summed E-state index contributed by atoms with van der Waals surface area (Å²) >= 11 is 0. The van der Waals surface area contributed by atoms with Crippen LogP contribution in [0, 0.1) is 5.82 Å². The van der Waals surface area contributed by atoms with Crippen molar-refractivity contribution in [2.45, 2.75) is 18.9 Å². The van der Waals surface area contributed by atoms with Crippen molar-refractivity contribution in [3.05, 3.63) is 69.8 Å². The van der Waals surface area contributed by atoms with Crippen molar-refractivity contribution in [3.63, 3.8) is 0 Å². The van der Waals surface area contributed by atoms with E-state index in [4.69, 9.17) is 0 Å². The number of hydrogen-bond acceptors (Lipinski definition) is 6. The highest BCUT2D eigenvalue weighted by atomic mass is 35.5. The molecule has 10 heteroatoms. The number of aromatic hydroxyl groups is 1. The number of phenolic OH excluding ortho intramolecular Hbond substituents is 1. The largest absolute Gasteiger partial charge is 0.507 e. The predicted molar refractivity (Wildman–Crippen MR) is 132 cm³/mol. The number of carbonyl (C=O) groups is 1. The van der Waals surface area contributed by atoms with E-state index in [2.05, 4.69) is 15.8 Å². The van der Waals surface area contributed by atoms with Gasteiger partial charge in [-0.1, -0.05) is 12.1 Å². The first-order valence-corrected chi connectivity index (χ1v) is 11.0. The van der Waals surface area contributed by atoms with Gasteiger partial charge < -0.3 is 19.9 Å². The number of nitrogens with one attached hydrogen (secondary N) is 2. The number of carbonyl (C=O) groups excluding carboxylic acids is 1. The highest BCUT2D eigenvalue weighted by Crippen LogP contribution is 2.38. The number of rotatable bonds is 5. The Morgan fingerprint density at radius 1 is 1.21 bits per heavy atom.